The molecule has 4 aliphatic carbocycles. The van der Waals surface area contributed by atoms with Gasteiger partial charge in [-0.25, -0.2) is 0 Å². The average molecular weight is 959 g/mol. The molecule has 0 aromatic heterocycles. The lowest BCUT2D eigenvalue weighted by atomic mass is 9.43. The summed E-state index contributed by atoms with van der Waals surface area (Å²) in [4.78, 5) is 14.0. The number of aliphatic hydroxyl groups excluding tert-OH is 9. The number of aliphatic hydroxyl groups is 10. The fourth-order valence-corrected chi connectivity index (χ4v) is 14.1. The van der Waals surface area contributed by atoms with Crippen LogP contribution in [0.15, 0.2) is 11.1 Å². The van der Waals surface area contributed by atoms with Crippen molar-refractivity contribution in [2.45, 2.75) is 224 Å². The maximum absolute atomic E-state index is 14.0. The number of allylic oxidation sites excluding steroid dienone is 1. The minimum absolute atomic E-state index is 0.00170. The summed E-state index contributed by atoms with van der Waals surface area (Å²) < 4.78 is 36.8. The van der Waals surface area contributed by atoms with E-state index in [0.29, 0.717) is 38.5 Å². The molecule has 67 heavy (non-hydrogen) atoms. The fourth-order valence-electron chi connectivity index (χ4n) is 14.1. The third-order valence-corrected chi connectivity index (χ3v) is 18.9. The molecule has 3 saturated heterocycles. The highest BCUT2D eigenvalue weighted by Gasteiger charge is 2.69. The van der Waals surface area contributed by atoms with Crippen LogP contribution >= 0.6 is 0 Å². The van der Waals surface area contributed by atoms with E-state index in [1.165, 1.54) is 5.57 Å². The maximum atomic E-state index is 14.0. The molecular weight excluding hydrogens is 877 g/mol. The number of hydrogen-bond donors (Lipinski definition) is 11. The largest absolute Gasteiger partial charge is 0.481 e. The normalized spacial score (nSPS) is 48.2. The molecule has 18 heteroatoms. The van der Waals surface area contributed by atoms with Gasteiger partial charge in [0.15, 0.2) is 18.9 Å². The predicted molar refractivity (Wildman–Crippen MR) is 237 cm³/mol. The maximum Gasteiger partial charge on any atom is 0.314 e. The molecule has 18 nitrogen and oxygen atoms in total. The average Bonchev–Trinajstić information content (AvgIpc) is 3.59. The number of hydrogen-bond acceptors (Lipinski definition) is 17. The third-order valence-electron chi connectivity index (χ3n) is 18.9. The van der Waals surface area contributed by atoms with Crippen molar-refractivity contribution in [1.29, 1.82) is 0 Å². The molecule has 7 rings (SSSR count). The van der Waals surface area contributed by atoms with Crippen molar-refractivity contribution < 1.29 is 89.4 Å². The van der Waals surface area contributed by atoms with Gasteiger partial charge in [-0.3, -0.25) is 4.79 Å². The molecule has 2 saturated carbocycles. The Morgan fingerprint density at radius 1 is 0.716 bits per heavy atom. The van der Waals surface area contributed by atoms with E-state index in [1.54, 1.807) is 0 Å². The van der Waals surface area contributed by atoms with Crippen molar-refractivity contribution >= 4 is 5.97 Å². The van der Waals surface area contributed by atoms with Gasteiger partial charge in [-0.1, -0.05) is 66.5 Å². The molecule has 0 aromatic carbocycles. The number of ether oxygens (including phenoxy) is 6. The topological polar surface area (TPSA) is 295 Å². The van der Waals surface area contributed by atoms with E-state index in [9.17, 15) is 61.0 Å². The summed E-state index contributed by atoms with van der Waals surface area (Å²) in [6, 6.07) is 0. The summed E-state index contributed by atoms with van der Waals surface area (Å²) >= 11 is 0. The summed E-state index contributed by atoms with van der Waals surface area (Å²) in [6.07, 6.45) is -16.7. The molecule has 5 fully saturated rings. The second-order valence-electron chi connectivity index (χ2n) is 23.6. The number of aliphatic carboxylic acids is 1. The van der Waals surface area contributed by atoms with Crippen LogP contribution in [0.4, 0.5) is 0 Å². The van der Waals surface area contributed by atoms with Crippen LogP contribution in [0.5, 0.6) is 0 Å². The smallest absolute Gasteiger partial charge is 0.314 e. The lowest BCUT2D eigenvalue weighted by Gasteiger charge is -2.62. The van der Waals surface area contributed by atoms with Gasteiger partial charge in [0.2, 0.25) is 0 Å². The van der Waals surface area contributed by atoms with Crippen LogP contribution in [-0.4, -0.2) is 180 Å². The van der Waals surface area contributed by atoms with Crippen LogP contribution in [-0.2, 0) is 33.2 Å². The summed E-state index contributed by atoms with van der Waals surface area (Å²) in [5.74, 6) is -0.368. The molecule has 3 heterocycles. The van der Waals surface area contributed by atoms with E-state index in [-0.39, 0.29) is 28.6 Å². The van der Waals surface area contributed by atoms with Gasteiger partial charge in [0.05, 0.1) is 36.9 Å². The zero-order valence-corrected chi connectivity index (χ0v) is 40.9. The van der Waals surface area contributed by atoms with Gasteiger partial charge in [-0.15, -0.1) is 0 Å². The Hall–Kier alpha value is -1.43. The molecule has 0 bridgehead atoms. The van der Waals surface area contributed by atoms with Gasteiger partial charge >= 0.3 is 5.97 Å². The SMILES string of the molecule is C[C@H](CCC(C)(O)C(C)(C)C)[C@H]1CC[C@@]2(C(=O)O)C3=C(CC[C@]12C)[C@@]1(C)CC[C@H](O[C@@H]2O[C@H](CO)[C@H](O)[C@H](O[C@@H]4OC[C@@H](O)[C@H](O)[C@H]4O)[C@H]2O[C@@H]2O[C@H](CO)[C@H](O)[C@H](O)[C@H]2O)C(C)(C)[C@@H]1CC3. The highest BCUT2D eigenvalue weighted by Crippen LogP contribution is 2.73. The molecule has 3 aliphatic heterocycles. The monoisotopic (exact) mass is 959 g/mol. The second-order valence-corrected chi connectivity index (χ2v) is 23.6. The number of carboxylic acids is 1. The van der Waals surface area contributed by atoms with Crippen LogP contribution in [0.3, 0.4) is 0 Å². The quantitative estimate of drug-likeness (QED) is 0.117. The fraction of sp³-hybridized carbons (Fsp3) is 0.939. The highest BCUT2D eigenvalue weighted by atomic mass is 16.8. The van der Waals surface area contributed by atoms with Crippen molar-refractivity contribution in [3.63, 3.8) is 0 Å². The Bertz CT molecular complexity index is 1780. The van der Waals surface area contributed by atoms with Crippen LogP contribution in [0, 0.1) is 44.8 Å². The molecule has 7 aliphatic rings. The molecule has 386 valence electrons. The van der Waals surface area contributed by atoms with Crippen molar-refractivity contribution in [2.75, 3.05) is 19.8 Å². The highest BCUT2D eigenvalue weighted by molar-refractivity contribution is 5.82. The molecule has 0 aromatic rings. The molecule has 1 unspecified atom stereocenters. The van der Waals surface area contributed by atoms with Gasteiger partial charge in [-0.05, 0) is 111 Å². The summed E-state index contributed by atoms with van der Waals surface area (Å²) in [5, 5.41) is 119. The van der Waals surface area contributed by atoms with Crippen LogP contribution in [0.1, 0.15) is 127 Å². The van der Waals surface area contributed by atoms with Crippen molar-refractivity contribution in [3.05, 3.63) is 11.1 Å². The molecule has 0 radical (unpaired) electrons. The first kappa shape index (κ1) is 53.4. The Labute approximate surface area is 394 Å². The van der Waals surface area contributed by atoms with Gasteiger partial charge in [0.1, 0.15) is 67.1 Å². The van der Waals surface area contributed by atoms with E-state index in [1.807, 2.05) is 27.7 Å². The van der Waals surface area contributed by atoms with Gasteiger partial charge in [0.25, 0.3) is 0 Å². The summed E-state index contributed by atoms with van der Waals surface area (Å²) in [5.41, 5.74) is -1.34. The van der Waals surface area contributed by atoms with E-state index < -0.39 is 140 Å². The summed E-state index contributed by atoms with van der Waals surface area (Å²) in [7, 11) is 0. The Morgan fingerprint density at radius 3 is 1.96 bits per heavy atom. The second kappa shape index (κ2) is 19.2. The third kappa shape index (κ3) is 8.90. The lowest BCUT2D eigenvalue weighted by molar-refractivity contribution is -0.395. The van der Waals surface area contributed by atoms with Gasteiger partial charge in [0, 0.05) is 0 Å². The minimum atomic E-state index is -1.88. The van der Waals surface area contributed by atoms with E-state index in [4.69, 9.17) is 28.4 Å². The Morgan fingerprint density at radius 2 is 1.33 bits per heavy atom. The van der Waals surface area contributed by atoms with E-state index >= 15 is 0 Å². The first-order chi connectivity index (χ1) is 31.1. The first-order valence-corrected chi connectivity index (χ1v) is 24.7. The number of fused-ring (bicyclic) bond motifs is 4. The van der Waals surface area contributed by atoms with E-state index in [0.717, 1.165) is 31.3 Å². The predicted octanol–water partition coefficient (Wildman–Crippen LogP) is 1.49. The van der Waals surface area contributed by atoms with Gasteiger partial charge < -0.3 is 84.6 Å². The van der Waals surface area contributed by atoms with Crippen molar-refractivity contribution in [3.8, 4) is 0 Å². The zero-order chi connectivity index (χ0) is 49.6. The first-order valence-electron chi connectivity index (χ1n) is 24.7. The number of rotatable bonds is 13. The molecular formula is C49H82O18. The van der Waals surface area contributed by atoms with Crippen molar-refractivity contribution in [2.24, 2.45) is 44.8 Å². The zero-order valence-electron chi connectivity index (χ0n) is 40.9. The standard InChI is InChI=1S/C49H82O18/c1-23(12-18-48(9,61)44(2,3)4)24-14-19-49(43(59)60)26-10-11-30-45(5,6)31(15-16-46(30,7)25(26)13-17-47(24,49)8)65-42-39(67-41-37(58)35(56)33(54)28(20-50)63-41)38(34(55)29(21-51)64-42)66-40-36(57)32(53)27(52)22-62-40/h23-24,27-42,50-58,61H,10-22H2,1-9H3,(H,59,60)/t23-,24-,27-,28-,29-,30+,31+,32+,33+,34+,35+,36-,37-,38+,39-,40+,41+,42+,46-,47-,48?,49+/m1/s1. The lowest BCUT2D eigenvalue weighted by Crippen LogP contribution is -2.67. The van der Waals surface area contributed by atoms with E-state index in [2.05, 4.69) is 34.6 Å². The molecule has 22 atom stereocenters. The Balaban J connectivity index is 1.17. The molecule has 0 amide bonds. The number of carbonyl (C=O) groups is 1. The Kier molecular flexibility index (Phi) is 15.3. The summed E-state index contributed by atoms with van der Waals surface area (Å²) in [6.45, 7) is 17.0. The van der Waals surface area contributed by atoms with Crippen LogP contribution in [0.2, 0.25) is 0 Å². The molecule has 0 spiro atoms. The van der Waals surface area contributed by atoms with Crippen molar-refractivity contribution in [1.82, 2.24) is 0 Å². The molecule has 11 N–H and O–H groups in total. The van der Waals surface area contributed by atoms with Gasteiger partial charge in [-0.2, -0.15) is 0 Å². The minimum Gasteiger partial charge on any atom is -0.481 e. The number of carboxylic acid groups (broad SMARTS) is 1. The van der Waals surface area contributed by atoms with Crippen LogP contribution < -0.4 is 0 Å². The van der Waals surface area contributed by atoms with Crippen LogP contribution in [0.25, 0.3) is 0 Å².